The number of rotatable bonds is 5. The Balaban J connectivity index is 2.82. The molecule has 1 N–H and O–H groups in total. The normalized spacial score (nSPS) is 12.2. The Morgan fingerprint density at radius 1 is 1.56 bits per heavy atom. The average Bonchev–Trinajstić information content (AvgIpc) is 2.36. The van der Waals surface area contributed by atoms with Gasteiger partial charge in [-0.05, 0) is 19.1 Å². The van der Waals surface area contributed by atoms with Gasteiger partial charge in [0.2, 0.25) is 0 Å². The van der Waals surface area contributed by atoms with Gasteiger partial charge in [0.1, 0.15) is 5.69 Å². The van der Waals surface area contributed by atoms with Crippen LogP contribution >= 0.6 is 0 Å². The fraction of sp³-hybridized carbons (Fsp3) is 0.500. The molecule has 88 valence electrons. The highest BCUT2D eigenvalue weighted by atomic mass is 16.3. The Morgan fingerprint density at radius 2 is 2.25 bits per heavy atom. The van der Waals surface area contributed by atoms with E-state index >= 15 is 0 Å². The van der Waals surface area contributed by atoms with E-state index in [0.717, 1.165) is 5.69 Å². The number of aliphatic hydroxyl groups is 1. The lowest BCUT2D eigenvalue weighted by atomic mass is 10.2. The van der Waals surface area contributed by atoms with Crippen LogP contribution in [0.2, 0.25) is 0 Å². The van der Waals surface area contributed by atoms with Crippen molar-refractivity contribution >= 4 is 11.5 Å². The van der Waals surface area contributed by atoms with Gasteiger partial charge >= 0.3 is 0 Å². The highest BCUT2D eigenvalue weighted by molar-refractivity contribution is 5.94. The largest absolute Gasteiger partial charge is 0.394 e. The molecule has 0 aromatic carbocycles. The first-order valence-electron chi connectivity index (χ1n) is 5.43. The van der Waals surface area contributed by atoms with Crippen LogP contribution in [0.3, 0.4) is 0 Å². The minimum atomic E-state index is 0.0366. The van der Waals surface area contributed by atoms with E-state index in [4.69, 9.17) is 5.11 Å². The van der Waals surface area contributed by atoms with E-state index in [0.29, 0.717) is 12.1 Å². The van der Waals surface area contributed by atoms with Crippen molar-refractivity contribution < 1.29 is 9.90 Å². The minimum Gasteiger partial charge on any atom is -0.394 e. The van der Waals surface area contributed by atoms with Crippen LogP contribution in [-0.4, -0.2) is 35.6 Å². The number of carbonyl (C=O) groups is 1. The number of likely N-dealkylation sites (N-methyl/N-ethyl adjacent to an activating group) is 1. The van der Waals surface area contributed by atoms with Gasteiger partial charge in [-0.1, -0.05) is 6.92 Å². The van der Waals surface area contributed by atoms with Gasteiger partial charge in [0.05, 0.1) is 18.5 Å². The second kappa shape index (κ2) is 5.61. The molecule has 4 heteroatoms. The van der Waals surface area contributed by atoms with Crippen LogP contribution < -0.4 is 4.90 Å². The molecule has 0 fully saturated rings. The third-order valence-electron chi connectivity index (χ3n) is 2.69. The molecular formula is C12H18N2O2. The zero-order valence-corrected chi connectivity index (χ0v) is 9.97. The van der Waals surface area contributed by atoms with E-state index < -0.39 is 0 Å². The number of hydrogen-bond donors (Lipinski definition) is 1. The zero-order chi connectivity index (χ0) is 12.1. The minimum absolute atomic E-state index is 0.0366. The van der Waals surface area contributed by atoms with Crippen molar-refractivity contribution in [3.05, 3.63) is 24.0 Å². The van der Waals surface area contributed by atoms with Gasteiger partial charge in [0.25, 0.3) is 0 Å². The van der Waals surface area contributed by atoms with Crippen LogP contribution in [0.15, 0.2) is 18.3 Å². The van der Waals surface area contributed by atoms with Crippen molar-refractivity contribution in [1.82, 2.24) is 4.98 Å². The standard InChI is InChI=1S/C12H18N2O2/c1-4-12(16)11-6-5-10(7-13-11)14(3)9(2)8-15/h5-7,9,15H,4,8H2,1-3H3. The summed E-state index contributed by atoms with van der Waals surface area (Å²) < 4.78 is 0. The Bertz CT molecular complexity index is 349. The molecule has 0 amide bonds. The second-order valence-corrected chi connectivity index (χ2v) is 3.82. The summed E-state index contributed by atoms with van der Waals surface area (Å²) in [6.07, 6.45) is 2.13. The smallest absolute Gasteiger partial charge is 0.180 e. The molecule has 0 aliphatic heterocycles. The summed E-state index contributed by atoms with van der Waals surface area (Å²) in [5.41, 5.74) is 1.39. The summed E-state index contributed by atoms with van der Waals surface area (Å²) in [7, 11) is 1.89. The molecule has 1 aromatic heterocycles. The molecule has 1 rings (SSSR count). The Labute approximate surface area is 95.9 Å². The SMILES string of the molecule is CCC(=O)c1ccc(N(C)C(C)CO)cn1. The van der Waals surface area contributed by atoms with Crippen molar-refractivity contribution in [1.29, 1.82) is 0 Å². The predicted molar refractivity (Wildman–Crippen MR) is 63.8 cm³/mol. The molecule has 4 nitrogen and oxygen atoms in total. The van der Waals surface area contributed by atoms with Crippen LogP contribution in [0.25, 0.3) is 0 Å². The van der Waals surface area contributed by atoms with E-state index in [9.17, 15) is 4.79 Å². The van der Waals surface area contributed by atoms with Gasteiger partial charge in [-0.2, -0.15) is 0 Å². The number of anilines is 1. The topological polar surface area (TPSA) is 53.4 Å². The first kappa shape index (κ1) is 12.6. The molecule has 1 heterocycles. The molecule has 1 atom stereocenters. The third-order valence-corrected chi connectivity index (χ3v) is 2.69. The van der Waals surface area contributed by atoms with E-state index in [1.807, 2.05) is 31.9 Å². The molecule has 16 heavy (non-hydrogen) atoms. The molecule has 0 aliphatic rings. The van der Waals surface area contributed by atoms with E-state index in [1.54, 1.807) is 12.3 Å². The zero-order valence-electron chi connectivity index (χ0n) is 9.97. The molecule has 0 saturated heterocycles. The lowest BCUT2D eigenvalue weighted by Gasteiger charge is -2.24. The van der Waals surface area contributed by atoms with Crippen molar-refractivity contribution in [2.45, 2.75) is 26.3 Å². The average molecular weight is 222 g/mol. The van der Waals surface area contributed by atoms with Crippen LogP contribution in [0.5, 0.6) is 0 Å². The number of ketones is 1. The summed E-state index contributed by atoms with van der Waals surface area (Å²) in [6, 6.07) is 3.61. The Morgan fingerprint density at radius 3 is 2.69 bits per heavy atom. The summed E-state index contributed by atoms with van der Waals surface area (Å²) in [4.78, 5) is 17.4. The fourth-order valence-corrected chi connectivity index (χ4v) is 1.32. The van der Waals surface area contributed by atoms with Gasteiger partial charge in [0, 0.05) is 19.5 Å². The number of hydrogen-bond acceptors (Lipinski definition) is 4. The molecule has 0 bridgehead atoms. The van der Waals surface area contributed by atoms with Crippen molar-refractivity contribution in [2.24, 2.45) is 0 Å². The number of Topliss-reactive ketones (excluding diaryl/α,β-unsaturated/α-hetero) is 1. The fourth-order valence-electron chi connectivity index (χ4n) is 1.32. The lowest BCUT2D eigenvalue weighted by Crippen LogP contribution is -2.31. The number of aliphatic hydroxyl groups excluding tert-OH is 1. The number of carbonyl (C=O) groups excluding carboxylic acids is 1. The van der Waals surface area contributed by atoms with Crippen molar-refractivity contribution in [2.75, 3.05) is 18.6 Å². The van der Waals surface area contributed by atoms with E-state index in [1.165, 1.54) is 0 Å². The summed E-state index contributed by atoms with van der Waals surface area (Å²) in [5, 5.41) is 9.03. The van der Waals surface area contributed by atoms with Crippen molar-refractivity contribution in [3.8, 4) is 0 Å². The third kappa shape index (κ3) is 2.79. The summed E-state index contributed by atoms with van der Waals surface area (Å²) >= 11 is 0. The molecule has 0 spiro atoms. The number of aromatic nitrogens is 1. The first-order valence-corrected chi connectivity index (χ1v) is 5.43. The predicted octanol–water partition coefficient (Wildman–Crippen LogP) is 1.49. The molecule has 0 saturated carbocycles. The second-order valence-electron chi connectivity index (χ2n) is 3.82. The van der Waals surface area contributed by atoms with E-state index in [2.05, 4.69) is 4.98 Å². The van der Waals surface area contributed by atoms with Crippen molar-refractivity contribution in [3.63, 3.8) is 0 Å². The number of pyridine rings is 1. The van der Waals surface area contributed by atoms with Crippen LogP contribution in [0.4, 0.5) is 5.69 Å². The first-order chi connectivity index (χ1) is 7.60. The summed E-state index contributed by atoms with van der Waals surface area (Å²) in [5.74, 6) is 0.0457. The van der Waals surface area contributed by atoms with E-state index in [-0.39, 0.29) is 18.4 Å². The van der Waals surface area contributed by atoms with Gasteiger partial charge in [-0.3, -0.25) is 9.78 Å². The maximum atomic E-state index is 11.4. The van der Waals surface area contributed by atoms with Crippen LogP contribution in [0, 0.1) is 0 Å². The summed E-state index contributed by atoms with van der Waals surface area (Å²) in [6.45, 7) is 3.83. The quantitative estimate of drug-likeness (QED) is 0.767. The van der Waals surface area contributed by atoms with Gasteiger partial charge in [-0.15, -0.1) is 0 Å². The highest BCUT2D eigenvalue weighted by Gasteiger charge is 2.10. The maximum absolute atomic E-state index is 11.4. The molecule has 1 unspecified atom stereocenters. The monoisotopic (exact) mass is 222 g/mol. The molecule has 0 radical (unpaired) electrons. The highest BCUT2D eigenvalue weighted by Crippen LogP contribution is 2.14. The number of nitrogens with zero attached hydrogens (tertiary/aromatic N) is 2. The molecular weight excluding hydrogens is 204 g/mol. The van der Waals surface area contributed by atoms with Gasteiger partial charge in [-0.25, -0.2) is 0 Å². The van der Waals surface area contributed by atoms with Gasteiger partial charge in [0.15, 0.2) is 5.78 Å². The molecule has 0 aliphatic carbocycles. The maximum Gasteiger partial charge on any atom is 0.180 e. The van der Waals surface area contributed by atoms with Crippen LogP contribution in [0.1, 0.15) is 30.8 Å². The lowest BCUT2D eigenvalue weighted by molar-refractivity contribution is 0.0983. The van der Waals surface area contributed by atoms with Crippen LogP contribution in [-0.2, 0) is 0 Å². The molecule has 1 aromatic rings. The Kier molecular flexibility index (Phi) is 4.43. The Hall–Kier alpha value is -1.42. The van der Waals surface area contributed by atoms with Gasteiger partial charge < -0.3 is 10.0 Å².